The Balaban J connectivity index is 3.22. The van der Waals surface area contributed by atoms with Crippen LogP contribution < -0.4 is 4.74 Å². The predicted molar refractivity (Wildman–Crippen MR) is 65.2 cm³/mol. The van der Waals surface area contributed by atoms with Crippen molar-refractivity contribution in [2.24, 2.45) is 0 Å². The van der Waals surface area contributed by atoms with Gasteiger partial charge in [0.1, 0.15) is 5.75 Å². The summed E-state index contributed by atoms with van der Waals surface area (Å²) in [4.78, 5) is 1.21. The van der Waals surface area contributed by atoms with Gasteiger partial charge in [-0.15, -0.1) is 11.8 Å². The van der Waals surface area contributed by atoms with Crippen molar-refractivity contribution in [3.63, 3.8) is 0 Å². The highest BCUT2D eigenvalue weighted by Crippen LogP contribution is 2.35. The molecule has 0 aliphatic rings. The lowest BCUT2D eigenvalue weighted by molar-refractivity contribution is 0.410. The lowest BCUT2D eigenvalue weighted by Gasteiger charge is -2.07. The first-order chi connectivity index (χ1) is 5.69. The molecule has 0 amide bonds. The Kier molecular flexibility index (Phi) is 4.19. The van der Waals surface area contributed by atoms with Crippen molar-refractivity contribution in [3.05, 3.63) is 20.2 Å². The average Bonchev–Trinajstić information content (AvgIpc) is 2.08. The van der Waals surface area contributed by atoms with Gasteiger partial charge in [-0.2, -0.15) is 0 Å². The molecule has 0 N–H and O–H groups in total. The molecule has 0 aliphatic carbocycles. The van der Waals surface area contributed by atoms with E-state index in [0.717, 1.165) is 10.2 Å². The maximum Gasteiger partial charge on any atom is 0.135 e. The molecule has 12 heavy (non-hydrogen) atoms. The van der Waals surface area contributed by atoms with E-state index in [-0.39, 0.29) is 0 Å². The Morgan fingerprint density at radius 1 is 1.50 bits per heavy atom. The summed E-state index contributed by atoms with van der Waals surface area (Å²) in [5.41, 5.74) is 0. The van der Waals surface area contributed by atoms with Crippen molar-refractivity contribution >= 4 is 50.3 Å². The highest BCUT2D eigenvalue weighted by atomic mass is 127. The summed E-state index contributed by atoms with van der Waals surface area (Å²) in [6.07, 6.45) is 2.05. The number of rotatable bonds is 2. The molecule has 1 nitrogen and oxygen atoms in total. The minimum atomic E-state index is 0.895. The lowest BCUT2D eigenvalue weighted by Crippen LogP contribution is -1.87. The minimum absolute atomic E-state index is 0.895. The normalized spacial score (nSPS) is 10.0. The maximum atomic E-state index is 5.20. The van der Waals surface area contributed by atoms with Crippen LogP contribution >= 0.6 is 50.3 Å². The molecule has 1 aromatic rings. The third kappa shape index (κ3) is 2.29. The molecule has 0 aromatic heterocycles. The van der Waals surface area contributed by atoms with Gasteiger partial charge in [0.25, 0.3) is 0 Å². The van der Waals surface area contributed by atoms with Crippen molar-refractivity contribution in [1.82, 2.24) is 0 Å². The summed E-state index contributed by atoms with van der Waals surface area (Å²) in [5.74, 6) is 0.895. The fourth-order valence-electron chi connectivity index (χ4n) is 0.837. The van der Waals surface area contributed by atoms with Gasteiger partial charge in [0, 0.05) is 8.47 Å². The molecule has 1 aromatic carbocycles. The molecule has 0 bridgehead atoms. The van der Waals surface area contributed by atoms with E-state index in [1.807, 2.05) is 6.07 Å². The van der Waals surface area contributed by atoms with E-state index in [1.54, 1.807) is 18.9 Å². The lowest BCUT2D eigenvalue weighted by atomic mass is 10.3. The zero-order valence-electron chi connectivity index (χ0n) is 6.73. The number of halogens is 2. The van der Waals surface area contributed by atoms with E-state index < -0.39 is 0 Å². The summed E-state index contributed by atoms with van der Waals surface area (Å²) in [6, 6.07) is 4.13. The zero-order valence-corrected chi connectivity index (χ0v) is 11.3. The van der Waals surface area contributed by atoms with Gasteiger partial charge in [0.2, 0.25) is 0 Å². The first kappa shape index (κ1) is 10.7. The molecule has 0 saturated heterocycles. The Hall–Kier alpha value is 0.580. The third-order valence-electron chi connectivity index (χ3n) is 1.41. The van der Waals surface area contributed by atoms with Crippen molar-refractivity contribution in [1.29, 1.82) is 0 Å². The van der Waals surface area contributed by atoms with Crippen molar-refractivity contribution < 1.29 is 4.74 Å². The second-order valence-corrected chi connectivity index (χ2v) is 5.01. The summed E-state index contributed by atoms with van der Waals surface area (Å²) in [6.45, 7) is 0. The second-order valence-electron chi connectivity index (χ2n) is 2.12. The van der Waals surface area contributed by atoms with Crippen LogP contribution in [0.4, 0.5) is 0 Å². The largest absolute Gasteiger partial charge is 0.495 e. The Bertz CT molecular complexity index is 265. The van der Waals surface area contributed by atoms with Gasteiger partial charge in [-0.1, -0.05) is 0 Å². The first-order valence-corrected chi connectivity index (χ1v) is 6.35. The van der Waals surface area contributed by atoms with Gasteiger partial charge in [-0.05, 0) is 56.9 Å². The smallest absolute Gasteiger partial charge is 0.135 e. The molecule has 0 saturated carbocycles. The minimum Gasteiger partial charge on any atom is -0.495 e. The van der Waals surface area contributed by atoms with Crippen LogP contribution in [0, 0.1) is 3.57 Å². The number of hydrogen-bond acceptors (Lipinski definition) is 2. The second kappa shape index (κ2) is 4.72. The summed E-state index contributed by atoms with van der Waals surface area (Å²) < 4.78 is 7.43. The number of methoxy groups -OCH3 is 1. The van der Waals surface area contributed by atoms with Crippen LogP contribution in [0.2, 0.25) is 0 Å². The average molecular weight is 359 g/mol. The number of thioether (sulfide) groups is 1. The Labute approximate surface area is 98.5 Å². The van der Waals surface area contributed by atoms with Crippen LogP contribution in [-0.4, -0.2) is 13.4 Å². The predicted octanol–water partition coefficient (Wildman–Crippen LogP) is 3.78. The molecule has 0 spiro atoms. The number of benzene rings is 1. The molecule has 1 rings (SSSR count). The van der Waals surface area contributed by atoms with Gasteiger partial charge in [0.05, 0.1) is 11.6 Å². The van der Waals surface area contributed by atoms with Crippen LogP contribution in [0.3, 0.4) is 0 Å². The molecule has 66 valence electrons. The van der Waals surface area contributed by atoms with E-state index in [1.165, 1.54) is 8.47 Å². The van der Waals surface area contributed by atoms with Gasteiger partial charge < -0.3 is 4.74 Å². The van der Waals surface area contributed by atoms with Crippen molar-refractivity contribution in [2.45, 2.75) is 4.90 Å². The van der Waals surface area contributed by atoms with Gasteiger partial charge in [0.15, 0.2) is 0 Å². The van der Waals surface area contributed by atoms with Gasteiger partial charge >= 0.3 is 0 Å². The monoisotopic (exact) mass is 358 g/mol. The van der Waals surface area contributed by atoms with Gasteiger partial charge in [-0.3, -0.25) is 0 Å². The molecule has 0 atom stereocenters. The highest BCUT2D eigenvalue weighted by Gasteiger charge is 2.06. The van der Waals surface area contributed by atoms with E-state index in [2.05, 4.69) is 50.8 Å². The zero-order chi connectivity index (χ0) is 9.14. The van der Waals surface area contributed by atoms with Crippen molar-refractivity contribution in [2.75, 3.05) is 13.4 Å². The van der Waals surface area contributed by atoms with Crippen LogP contribution in [0.5, 0.6) is 5.75 Å². The molecule has 0 heterocycles. The maximum absolute atomic E-state index is 5.20. The molecule has 4 heteroatoms. The van der Waals surface area contributed by atoms with Crippen LogP contribution in [0.1, 0.15) is 0 Å². The van der Waals surface area contributed by atoms with E-state index in [0.29, 0.717) is 0 Å². The fourth-order valence-corrected chi connectivity index (χ4v) is 3.04. The standard InChI is InChI=1S/C8H8BrIOS/c1-11-6-3-5(10)4-7(12-2)8(6)9/h3-4H,1-2H3. The summed E-state index contributed by atoms with van der Waals surface area (Å²) in [7, 11) is 1.68. The highest BCUT2D eigenvalue weighted by molar-refractivity contribution is 14.1. The quantitative estimate of drug-likeness (QED) is 0.587. The van der Waals surface area contributed by atoms with Gasteiger partial charge in [-0.25, -0.2) is 0 Å². The number of hydrogen-bond donors (Lipinski definition) is 0. The van der Waals surface area contributed by atoms with Crippen LogP contribution in [0.15, 0.2) is 21.5 Å². The summed E-state index contributed by atoms with van der Waals surface area (Å²) in [5, 5.41) is 0. The van der Waals surface area contributed by atoms with E-state index >= 15 is 0 Å². The molecule has 0 aliphatic heterocycles. The topological polar surface area (TPSA) is 9.23 Å². The van der Waals surface area contributed by atoms with Crippen LogP contribution in [-0.2, 0) is 0 Å². The Morgan fingerprint density at radius 2 is 2.17 bits per heavy atom. The molecule has 0 unspecified atom stereocenters. The fraction of sp³-hybridized carbons (Fsp3) is 0.250. The number of ether oxygens (including phenoxy) is 1. The first-order valence-electron chi connectivity index (χ1n) is 3.26. The Morgan fingerprint density at radius 3 is 2.67 bits per heavy atom. The SMILES string of the molecule is COc1cc(I)cc(SC)c1Br. The molecule has 0 radical (unpaired) electrons. The molecular formula is C8H8BrIOS. The van der Waals surface area contributed by atoms with Crippen molar-refractivity contribution in [3.8, 4) is 5.75 Å². The molecular weight excluding hydrogens is 351 g/mol. The van der Waals surface area contributed by atoms with Crippen LogP contribution in [0.25, 0.3) is 0 Å². The summed E-state index contributed by atoms with van der Waals surface area (Å²) >= 11 is 7.47. The third-order valence-corrected chi connectivity index (χ3v) is 3.88. The molecule has 0 fully saturated rings. The van der Waals surface area contributed by atoms with E-state index in [4.69, 9.17) is 4.74 Å². The van der Waals surface area contributed by atoms with E-state index in [9.17, 15) is 0 Å².